The maximum atomic E-state index is 12.4. The summed E-state index contributed by atoms with van der Waals surface area (Å²) in [5, 5.41) is 6.62. The number of rotatable bonds is 8. The van der Waals surface area contributed by atoms with Crippen LogP contribution in [0.15, 0.2) is 53.1 Å². The second kappa shape index (κ2) is 9.14. The molecule has 164 valence electrons. The molecule has 1 heterocycles. The van der Waals surface area contributed by atoms with Crippen molar-refractivity contribution in [1.82, 2.24) is 19.8 Å². The van der Waals surface area contributed by atoms with Gasteiger partial charge in [0.1, 0.15) is 5.75 Å². The number of anilines is 1. The Hall–Kier alpha value is -3.44. The summed E-state index contributed by atoms with van der Waals surface area (Å²) in [7, 11) is 2.33. The Morgan fingerprint density at radius 3 is 2.29 bits per heavy atom. The molecule has 0 fully saturated rings. The van der Waals surface area contributed by atoms with Gasteiger partial charge in [0.25, 0.3) is 5.91 Å². The number of nitrogens with one attached hydrogen (secondary N) is 1. The molecule has 3 rings (SSSR count). The number of aromatic nitrogens is 2. The number of ether oxygens (including phenoxy) is 1. The number of hydrogen-bond donors (Lipinski definition) is 1. The number of methoxy groups -OCH3 is 1. The second-order valence-electron chi connectivity index (χ2n) is 6.73. The zero-order valence-electron chi connectivity index (χ0n) is 17.6. The van der Waals surface area contributed by atoms with Gasteiger partial charge in [0.05, 0.1) is 19.3 Å². The lowest BCUT2D eigenvalue weighted by atomic mass is 10.2. The fourth-order valence-electron chi connectivity index (χ4n) is 2.64. The molecule has 0 bridgehead atoms. The van der Waals surface area contributed by atoms with Gasteiger partial charge in [-0.2, -0.15) is 17.7 Å². The normalized spacial score (nSPS) is 11.4. The number of hydrogen-bond acceptors (Lipinski definition) is 7. The highest BCUT2D eigenvalue weighted by atomic mass is 32.2. The molecule has 3 aromatic rings. The molecular weight excluding hydrogens is 422 g/mol. The van der Waals surface area contributed by atoms with Crippen LogP contribution in [0.2, 0.25) is 0 Å². The molecule has 2 aromatic carbocycles. The van der Waals surface area contributed by atoms with Crippen LogP contribution in [0.1, 0.15) is 16.2 Å². The van der Waals surface area contributed by atoms with Crippen molar-refractivity contribution >= 4 is 21.8 Å². The van der Waals surface area contributed by atoms with Crippen molar-refractivity contribution in [2.45, 2.75) is 6.54 Å². The molecule has 0 aliphatic rings. The molecule has 0 saturated heterocycles. The molecule has 1 N–H and O–H groups in total. The highest BCUT2D eigenvalue weighted by molar-refractivity contribution is 7.90. The van der Waals surface area contributed by atoms with Gasteiger partial charge in [0.2, 0.25) is 11.7 Å². The van der Waals surface area contributed by atoms with Crippen LogP contribution in [0, 0.1) is 0 Å². The molecule has 0 aliphatic heterocycles. The summed E-state index contributed by atoms with van der Waals surface area (Å²) < 4.78 is 36.9. The van der Waals surface area contributed by atoms with E-state index < -0.39 is 10.2 Å². The molecule has 0 spiro atoms. The van der Waals surface area contributed by atoms with Crippen molar-refractivity contribution in [2.24, 2.45) is 0 Å². The molecule has 1 amide bonds. The van der Waals surface area contributed by atoms with Gasteiger partial charge in [-0.05, 0) is 48.5 Å². The lowest BCUT2D eigenvalue weighted by Crippen LogP contribution is -2.37. The van der Waals surface area contributed by atoms with Crippen LogP contribution in [0.3, 0.4) is 0 Å². The maximum absolute atomic E-state index is 12.4. The SMILES string of the molecule is COc1ccc(-c2noc(CNC(=O)c3ccc(N(C)S(=O)(=O)N(C)C)cc3)n2)cc1. The number of amides is 1. The summed E-state index contributed by atoms with van der Waals surface area (Å²) >= 11 is 0. The molecule has 0 unspecified atom stereocenters. The van der Waals surface area contributed by atoms with Crippen molar-refractivity contribution < 1.29 is 22.5 Å². The minimum absolute atomic E-state index is 0.0542. The molecule has 1 aromatic heterocycles. The first-order chi connectivity index (χ1) is 14.7. The Balaban J connectivity index is 1.61. The van der Waals surface area contributed by atoms with Crippen LogP contribution in [0.5, 0.6) is 5.75 Å². The van der Waals surface area contributed by atoms with E-state index in [1.807, 2.05) is 0 Å². The monoisotopic (exact) mass is 445 g/mol. The molecule has 0 aliphatic carbocycles. The Morgan fingerprint density at radius 1 is 1.06 bits per heavy atom. The molecule has 0 radical (unpaired) electrons. The summed E-state index contributed by atoms with van der Waals surface area (Å²) in [6.45, 7) is 0.0542. The van der Waals surface area contributed by atoms with E-state index >= 15 is 0 Å². The standard InChI is InChI=1S/C20H23N5O5S/c1-24(2)31(27,28)25(3)16-9-5-15(6-10-16)20(26)21-13-18-22-19(23-30-18)14-7-11-17(29-4)12-8-14/h5-12H,13H2,1-4H3,(H,21,26). The molecule has 11 heteroatoms. The van der Waals surface area contributed by atoms with E-state index in [9.17, 15) is 13.2 Å². The number of carbonyl (C=O) groups excluding carboxylic acids is 1. The maximum Gasteiger partial charge on any atom is 0.303 e. The van der Waals surface area contributed by atoms with Crippen LogP contribution in [-0.2, 0) is 16.8 Å². The Kier molecular flexibility index (Phi) is 6.56. The first-order valence-corrected chi connectivity index (χ1v) is 10.6. The number of carbonyl (C=O) groups is 1. The Labute approximate surface area is 180 Å². The summed E-state index contributed by atoms with van der Waals surface area (Å²) in [4.78, 5) is 16.7. The van der Waals surface area contributed by atoms with E-state index in [1.54, 1.807) is 55.6 Å². The third-order valence-corrected chi connectivity index (χ3v) is 6.34. The first kappa shape index (κ1) is 22.2. The molecule has 31 heavy (non-hydrogen) atoms. The van der Waals surface area contributed by atoms with Crippen LogP contribution < -0.4 is 14.4 Å². The summed E-state index contributed by atoms with van der Waals surface area (Å²) in [5.74, 6) is 1.03. The molecule has 0 saturated carbocycles. The lowest BCUT2D eigenvalue weighted by molar-refractivity contribution is 0.0946. The average molecular weight is 446 g/mol. The number of nitrogens with zero attached hydrogens (tertiary/aromatic N) is 4. The summed E-state index contributed by atoms with van der Waals surface area (Å²) in [6.07, 6.45) is 0. The quantitative estimate of drug-likeness (QED) is 0.563. The van der Waals surface area contributed by atoms with Gasteiger partial charge in [-0.15, -0.1) is 0 Å². The van der Waals surface area contributed by atoms with E-state index in [2.05, 4.69) is 15.5 Å². The topological polar surface area (TPSA) is 118 Å². The molecule has 10 nitrogen and oxygen atoms in total. The van der Waals surface area contributed by atoms with Crippen molar-refractivity contribution in [3.63, 3.8) is 0 Å². The van der Waals surface area contributed by atoms with E-state index in [-0.39, 0.29) is 18.3 Å². The predicted octanol–water partition coefficient (Wildman–Crippen LogP) is 1.92. The zero-order valence-corrected chi connectivity index (χ0v) is 18.4. The second-order valence-corrected chi connectivity index (χ2v) is 8.90. The summed E-state index contributed by atoms with van der Waals surface area (Å²) in [6, 6.07) is 13.4. The van der Waals surface area contributed by atoms with Gasteiger partial charge in [-0.25, -0.2) is 0 Å². The fraction of sp³-hybridized carbons (Fsp3) is 0.250. The molecule has 0 atom stereocenters. The van der Waals surface area contributed by atoms with Crippen molar-refractivity contribution in [2.75, 3.05) is 32.6 Å². The van der Waals surface area contributed by atoms with Gasteiger partial charge in [-0.1, -0.05) is 5.16 Å². The van der Waals surface area contributed by atoms with Gasteiger partial charge in [-0.3, -0.25) is 9.10 Å². The van der Waals surface area contributed by atoms with Crippen molar-refractivity contribution in [3.8, 4) is 17.1 Å². The smallest absolute Gasteiger partial charge is 0.303 e. The van der Waals surface area contributed by atoms with Crippen LogP contribution >= 0.6 is 0 Å². The third-order valence-electron chi connectivity index (χ3n) is 4.52. The van der Waals surface area contributed by atoms with Crippen LogP contribution in [0.25, 0.3) is 11.4 Å². The number of benzene rings is 2. The minimum Gasteiger partial charge on any atom is -0.497 e. The Morgan fingerprint density at radius 2 is 1.71 bits per heavy atom. The summed E-state index contributed by atoms with van der Waals surface area (Å²) in [5.41, 5.74) is 1.56. The van der Waals surface area contributed by atoms with Crippen LogP contribution in [0.4, 0.5) is 5.69 Å². The fourth-order valence-corrected chi connectivity index (χ4v) is 3.52. The predicted molar refractivity (Wildman–Crippen MR) is 115 cm³/mol. The highest BCUT2D eigenvalue weighted by Gasteiger charge is 2.21. The van der Waals surface area contributed by atoms with Crippen molar-refractivity contribution in [1.29, 1.82) is 0 Å². The van der Waals surface area contributed by atoms with Gasteiger partial charge in [0, 0.05) is 32.3 Å². The van der Waals surface area contributed by atoms with Crippen molar-refractivity contribution in [3.05, 3.63) is 60.0 Å². The largest absolute Gasteiger partial charge is 0.497 e. The highest BCUT2D eigenvalue weighted by Crippen LogP contribution is 2.20. The van der Waals surface area contributed by atoms with Gasteiger partial charge in [0.15, 0.2) is 0 Å². The van der Waals surface area contributed by atoms with E-state index in [0.29, 0.717) is 17.1 Å². The molecular formula is C20H23N5O5S. The van der Waals surface area contributed by atoms with E-state index in [1.165, 1.54) is 21.1 Å². The van der Waals surface area contributed by atoms with Gasteiger partial charge < -0.3 is 14.6 Å². The minimum atomic E-state index is -3.60. The van der Waals surface area contributed by atoms with Crippen LogP contribution in [-0.4, -0.2) is 57.0 Å². The average Bonchev–Trinajstić information content (AvgIpc) is 3.26. The zero-order chi connectivity index (χ0) is 22.6. The van der Waals surface area contributed by atoms with E-state index in [0.717, 1.165) is 19.9 Å². The third kappa shape index (κ3) is 5.01. The van der Waals surface area contributed by atoms with E-state index in [4.69, 9.17) is 9.26 Å². The first-order valence-electron chi connectivity index (χ1n) is 9.24. The Bertz CT molecular complexity index is 1140. The van der Waals surface area contributed by atoms with Gasteiger partial charge >= 0.3 is 10.2 Å². The lowest BCUT2D eigenvalue weighted by Gasteiger charge is -2.23.